The van der Waals surface area contributed by atoms with Crippen LogP contribution in [0.25, 0.3) is 10.9 Å². The Morgan fingerprint density at radius 1 is 1.15 bits per heavy atom. The number of piperazine rings is 1. The number of aryl methyl sites for hydroxylation is 1. The first kappa shape index (κ1) is 23.5. The Bertz CT molecular complexity index is 1260. The number of aromatic nitrogens is 2. The molecule has 0 unspecified atom stereocenters. The van der Waals surface area contributed by atoms with Crippen LogP contribution in [0.3, 0.4) is 0 Å². The minimum atomic E-state index is -0.141. The van der Waals surface area contributed by atoms with Gasteiger partial charge in [-0.3, -0.25) is 14.6 Å². The first-order valence-electron chi connectivity index (χ1n) is 12.0. The number of amides is 1. The Kier molecular flexibility index (Phi) is 7.01. The van der Waals surface area contributed by atoms with E-state index in [-0.39, 0.29) is 11.5 Å². The van der Waals surface area contributed by atoms with Crippen molar-refractivity contribution in [2.45, 2.75) is 33.6 Å². The minimum Gasteiger partial charge on any atom is -0.346 e. The number of fused-ring (bicyclic) bond motifs is 1. The number of rotatable bonds is 7. The molecule has 1 fully saturated rings. The van der Waals surface area contributed by atoms with Gasteiger partial charge in [-0.1, -0.05) is 32.1 Å². The lowest BCUT2D eigenvalue weighted by Crippen LogP contribution is -2.49. The fraction of sp³-hybridized carbons (Fsp3) is 0.370. The molecular weight excluding hydrogens is 426 g/mol. The van der Waals surface area contributed by atoms with Crippen LogP contribution in [0.15, 0.2) is 59.5 Å². The third kappa shape index (κ3) is 4.83. The van der Waals surface area contributed by atoms with Gasteiger partial charge < -0.3 is 14.7 Å². The first-order valence-corrected chi connectivity index (χ1v) is 12.0. The summed E-state index contributed by atoms with van der Waals surface area (Å²) in [6.07, 6.45) is 2.21. The number of aromatic amines is 1. The summed E-state index contributed by atoms with van der Waals surface area (Å²) in [5.74, 6) is 0.590. The molecule has 1 N–H and O–H groups in total. The van der Waals surface area contributed by atoms with Crippen molar-refractivity contribution in [3.8, 4) is 0 Å². The number of nitrogens with zero attached hydrogens (tertiary/aromatic N) is 4. The van der Waals surface area contributed by atoms with Crippen molar-refractivity contribution in [1.82, 2.24) is 14.9 Å². The molecule has 4 rings (SSSR count). The van der Waals surface area contributed by atoms with Crippen molar-refractivity contribution in [2.24, 2.45) is 0 Å². The summed E-state index contributed by atoms with van der Waals surface area (Å²) in [6, 6.07) is 13.3. The lowest BCUT2D eigenvalue weighted by Gasteiger charge is -2.35. The van der Waals surface area contributed by atoms with Crippen LogP contribution in [0.2, 0.25) is 0 Å². The van der Waals surface area contributed by atoms with E-state index in [2.05, 4.69) is 28.4 Å². The summed E-state index contributed by atoms with van der Waals surface area (Å²) in [6.45, 7) is 13.7. The molecule has 3 aromatic rings. The van der Waals surface area contributed by atoms with Gasteiger partial charge in [0.25, 0.3) is 11.5 Å². The molecule has 0 atom stereocenters. The quantitative estimate of drug-likeness (QED) is 0.569. The number of benzene rings is 2. The topological polar surface area (TPSA) is 72.5 Å². The Hall–Kier alpha value is -3.61. The summed E-state index contributed by atoms with van der Waals surface area (Å²) in [7, 11) is 0. The van der Waals surface area contributed by atoms with Gasteiger partial charge in [-0.2, -0.15) is 0 Å². The van der Waals surface area contributed by atoms with Crippen molar-refractivity contribution in [1.29, 1.82) is 0 Å². The van der Waals surface area contributed by atoms with Gasteiger partial charge in [0.2, 0.25) is 5.95 Å². The van der Waals surface area contributed by atoms with E-state index in [1.54, 1.807) is 6.07 Å². The largest absolute Gasteiger partial charge is 0.346 e. The monoisotopic (exact) mass is 459 g/mol. The molecule has 1 saturated heterocycles. The third-order valence-corrected chi connectivity index (χ3v) is 6.40. The fourth-order valence-corrected chi connectivity index (χ4v) is 4.45. The average molecular weight is 460 g/mol. The van der Waals surface area contributed by atoms with Crippen molar-refractivity contribution < 1.29 is 4.79 Å². The van der Waals surface area contributed by atoms with E-state index >= 15 is 0 Å². The average Bonchev–Trinajstić information content (AvgIpc) is 2.84. The molecule has 2 heterocycles. The summed E-state index contributed by atoms with van der Waals surface area (Å²) in [4.78, 5) is 39.3. The molecule has 0 bridgehead atoms. The number of para-hydroxylation sites is 1. The van der Waals surface area contributed by atoms with Gasteiger partial charge in [0.05, 0.1) is 10.9 Å². The van der Waals surface area contributed by atoms with Crippen LogP contribution in [0.4, 0.5) is 11.6 Å². The van der Waals surface area contributed by atoms with Gasteiger partial charge in [0.1, 0.15) is 0 Å². The Morgan fingerprint density at radius 3 is 2.56 bits per heavy atom. The maximum atomic E-state index is 13.2. The van der Waals surface area contributed by atoms with Crippen LogP contribution < -0.4 is 15.4 Å². The van der Waals surface area contributed by atoms with Gasteiger partial charge in [0.15, 0.2) is 0 Å². The number of nitrogens with one attached hydrogen (secondary N) is 1. The Balaban J connectivity index is 1.45. The van der Waals surface area contributed by atoms with Gasteiger partial charge >= 0.3 is 0 Å². The summed E-state index contributed by atoms with van der Waals surface area (Å²) in [5.41, 5.74) is 4.42. The van der Waals surface area contributed by atoms with Crippen LogP contribution in [0, 0.1) is 6.92 Å². The van der Waals surface area contributed by atoms with E-state index < -0.39 is 0 Å². The maximum absolute atomic E-state index is 13.2. The molecule has 0 saturated carbocycles. The number of anilines is 2. The van der Waals surface area contributed by atoms with E-state index in [1.807, 2.05) is 60.0 Å². The van der Waals surface area contributed by atoms with Crippen molar-refractivity contribution in [3.63, 3.8) is 0 Å². The highest BCUT2D eigenvalue weighted by Crippen LogP contribution is 2.26. The molecule has 7 nitrogen and oxygen atoms in total. The van der Waals surface area contributed by atoms with Crippen LogP contribution in [-0.2, 0) is 0 Å². The van der Waals surface area contributed by atoms with Crippen molar-refractivity contribution >= 4 is 28.4 Å². The molecule has 2 aromatic carbocycles. The standard InChI is InChI=1S/C27H33N5O2/c1-5-6-13-32(19(2)3)24-12-11-21(18-20(24)4)26(34)30-14-16-31(17-15-30)27-28-23-10-8-7-9-22(23)25(33)29-27/h7-12,18H,2,5-6,13-17H2,1,3-4H3,(H,28,29,33). The number of H-pyrrole nitrogens is 1. The minimum absolute atomic E-state index is 0.0321. The normalized spacial score (nSPS) is 13.9. The van der Waals surface area contributed by atoms with Crippen LogP contribution in [0.5, 0.6) is 0 Å². The van der Waals surface area contributed by atoms with Crippen LogP contribution in [0.1, 0.15) is 42.6 Å². The highest BCUT2D eigenvalue weighted by molar-refractivity contribution is 5.95. The second-order valence-corrected chi connectivity index (χ2v) is 8.93. The molecular formula is C27H33N5O2. The molecule has 178 valence electrons. The summed E-state index contributed by atoms with van der Waals surface area (Å²) in [5, 5.41) is 0.582. The van der Waals surface area contributed by atoms with Crippen LogP contribution >= 0.6 is 0 Å². The molecule has 1 amide bonds. The number of carbonyl (C=O) groups is 1. The SMILES string of the molecule is C=C(C)N(CCCC)c1ccc(C(=O)N2CCN(c3nc4ccccc4c(=O)[nH]3)CC2)cc1C. The summed E-state index contributed by atoms with van der Waals surface area (Å²) >= 11 is 0. The highest BCUT2D eigenvalue weighted by atomic mass is 16.2. The van der Waals surface area contributed by atoms with Gasteiger partial charge in [0, 0.05) is 49.7 Å². The smallest absolute Gasteiger partial charge is 0.260 e. The number of carbonyl (C=O) groups excluding carboxylic acids is 1. The van der Waals surface area contributed by atoms with E-state index in [0.717, 1.165) is 36.3 Å². The summed E-state index contributed by atoms with van der Waals surface area (Å²) < 4.78 is 0. The number of allylic oxidation sites excluding steroid dienone is 1. The molecule has 34 heavy (non-hydrogen) atoms. The zero-order chi connectivity index (χ0) is 24.2. The van der Waals surface area contributed by atoms with E-state index in [4.69, 9.17) is 0 Å². The maximum Gasteiger partial charge on any atom is 0.260 e. The number of hydrogen-bond acceptors (Lipinski definition) is 5. The van der Waals surface area contributed by atoms with E-state index in [0.29, 0.717) is 48.6 Å². The fourth-order valence-electron chi connectivity index (χ4n) is 4.45. The van der Waals surface area contributed by atoms with Gasteiger partial charge in [-0.05, 0) is 56.2 Å². The predicted octanol–water partition coefficient (Wildman–Crippen LogP) is 4.33. The van der Waals surface area contributed by atoms with Gasteiger partial charge in [-0.25, -0.2) is 4.98 Å². The molecule has 1 aliphatic heterocycles. The van der Waals surface area contributed by atoms with Gasteiger partial charge in [-0.15, -0.1) is 0 Å². The predicted molar refractivity (Wildman–Crippen MR) is 139 cm³/mol. The zero-order valence-corrected chi connectivity index (χ0v) is 20.3. The van der Waals surface area contributed by atoms with Crippen molar-refractivity contribution in [3.05, 3.63) is 76.2 Å². The molecule has 0 aliphatic carbocycles. The third-order valence-electron chi connectivity index (χ3n) is 6.40. The molecule has 1 aliphatic rings. The van der Waals surface area contributed by atoms with E-state index in [9.17, 15) is 9.59 Å². The lowest BCUT2D eigenvalue weighted by molar-refractivity contribution is 0.0746. The van der Waals surface area contributed by atoms with Crippen LogP contribution in [-0.4, -0.2) is 53.5 Å². The number of hydrogen-bond donors (Lipinski definition) is 1. The zero-order valence-electron chi connectivity index (χ0n) is 20.3. The lowest BCUT2D eigenvalue weighted by atomic mass is 10.1. The Morgan fingerprint density at radius 2 is 1.88 bits per heavy atom. The first-order chi connectivity index (χ1) is 16.4. The Labute approximate surface area is 200 Å². The highest BCUT2D eigenvalue weighted by Gasteiger charge is 2.24. The second kappa shape index (κ2) is 10.1. The second-order valence-electron chi connectivity index (χ2n) is 8.93. The van der Waals surface area contributed by atoms with Crippen molar-refractivity contribution in [2.75, 3.05) is 42.5 Å². The molecule has 7 heteroatoms. The molecule has 0 radical (unpaired) electrons. The molecule has 1 aromatic heterocycles. The number of unbranched alkanes of at least 4 members (excludes halogenated alkanes) is 1. The van der Waals surface area contributed by atoms with E-state index in [1.165, 1.54) is 0 Å². The molecule has 0 spiro atoms.